The summed E-state index contributed by atoms with van der Waals surface area (Å²) >= 11 is 1.40. The number of carbonyl (C=O) groups is 1. The topological polar surface area (TPSA) is 84.5 Å². The number of benzene rings is 3. The number of nitrogens with one attached hydrogen (secondary N) is 2. The minimum Gasteiger partial charge on any atom is -0.497 e. The van der Waals surface area contributed by atoms with Gasteiger partial charge in [-0.1, -0.05) is 18.2 Å². The molecule has 3 aromatic rings. The van der Waals surface area contributed by atoms with E-state index in [9.17, 15) is 13.2 Å². The van der Waals surface area contributed by atoms with E-state index in [4.69, 9.17) is 4.74 Å². The fourth-order valence-corrected chi connectivity index (χ4v) is 4.46. The number of anilines is 2. The Hall–Kier alpha value is -2.97. The van der Waals surface area contributed by atoms with Crippen LogP contribution in [0.2, 0.25) is 0 Å². The molecule has 0 radical (unpaired) electrons. The van der Waals surface area contributed by atoms with E-state index in [1.54, 1.807) is 31.4 Å². The van der Waals surface area contributed by atoms with Gasteiger partial charge in [-0.05, 0) is 67.1 Å². The normalized spacial score (nSPS) is 11.0. The van der Waals surface area contributed by atoms with Crippen molar-refractivity contribution in [1.29, 1.82) is 0 Å². The predicted octanol–water partition coefficient (Wildman–Crippen LogP) is 4.54. The monoisotopic (exact) mass is 442 g/mol. The number of sulfonamides is 1. The molecule has 156 valence electrons. The summed E-state index contributed by atoms with van der Waals surface area (Å²) in [6.45, 7) is 1.83. The second-order valence-corrected chi connectivity index (χ2v) is 9.19. The first kappa shape index (κ1) is 21.7. The van der Waals surface area contributed by atoms with E-state index in [2.05, 4.69) is 10.0 Å². The third-order valence-corrected chi connectivity index (χ3v) is 6.66. The first-order valence-corrected chi connectivity index (χ1v) is 11.6. The minimum absolute atomic E-state index is 0.122. The molecule has 0 bridgehead atoms. The zero-order chi connectivity index (χ0) is 21.6. The van der Waals surface area contributed by atoms with Gasteiger partial charge in [0.15, 0.2) is 0 Å². The highest BCUT2D eigenvalue weighted by Gasteiger charge is 2.15. The van der Waals surface area contributed by atoms with Crippen molar-refractivity contribution in [2.24, 2.45) is 0 Å². The fourth-order valence-electron chi connectivity index (χ4n) is 2.63. The average molecular weight is 443 g/mol. The van der Waals surface area contributed by atoms with Gasteiger partial charge in [-0.3, -0.25) is 9.52 Å². The number of amides is 1. The summed E-state index contributed by atoms with van der Waals surface area (Å²) in [6.07, 6.45) is 0. The van der Waals surface area contributed by atoms with Gasteiger partial charge in [-0.2, -0.15) is 0 Å². The Balaban J connectivity index is 1.58. The molecule has 0 atom stereocenters. The number of carbonyl (C=O) groups excluding carboxylic acids is 1. The van der Waals surface area contributed by atoms with Crippen molar-refractivity contribution in [3.8, 4) is 5.75 Å². The van der Waals surface area contributed by atoms with Gasteiger partial charge in [0.05, 0.1) is 23.4 Å². The number of hydrogen-bond donors (Lipinski definition) is 2. The third-order valence-electron chi connectivity index (χ3n) is 4.27. The van der Waals surface area contributed by atoms with E-state index in [0.29, 0.717) is 11.4 Å². The van der Waals surface area contributed by atoms with Gasteiger partial charge in [0, 0.05) is 10.6 Å². The number of methoxy groups -OCH3 is 1. The Morgan fingerprint density at radius 3 is 2.27 bits per heavy atom. The first-order valence-electron chi connectivity index (χ1n) is 9.12. The van der Waals surface area contributed by atoms with Crippen LogP contribution in [0, 0.1) is 6.92 Å². The van der Waals surface area contributed by atoms with Gasteiger partial charge in [0.1, 0.15) is 5.75 Å². The van der Waals surface area contributed by atoms with Crippen LogP contribution in [-0.2, 0) is 14.8 Å². The average Bonchev–Trinajstić information content (AvgIpc) is 2.74. The van der Waals surface area contributed by atoms with Crippen molar-refractivity contribution < 1.29 is 17.9 Å². The third kappa shape index (κ3) is 5.77. The van der Waals surface area contributed by atoms with E-state index in [0.717, 1.165) is 16.2 Å². The molecule has 0 aliphatic heterocycles. The molecule has 30 heavy (non-hydrogen) atoms. The second-order valence-electron chi connectivity index (χ2n) is 6.46. The SMILES string of the molecule is COc1ccc(SCC(=O)Nc2ccc(S(=O)(=O)Nc3ccccc3C)cc2)cc1. The van der Waals surface area contributed by atoms with Crippen LogP contribution in [0.3, 0.4) is 0 Å². The maximum absolute atomic E-state index is 12.6. The lowest BCUT2D eigenvalue weighted by molar-refractivity contribution is -0.113. The van der Waals surface area contributed by atoms with Crippen molar-refractivity contribution in [3.63, 3.8) is 0 Å². The number of ether oxygens (including phenoxy) is 1. The van der Waals surface area contributed by atoms with Crippen molar-refractivity contribution in [3.05, 3.63) is 78.4 Å². The Labute approximate surface area is 180 Å². The molecular formula is C22H22N2O4S2. The van der Waals surface area contributed by atoms with E-state index >= 15 is 0 Å². The second kappa shape index (κ2) is 9.69. The van der Waals surface area contributed by atoms with Crippen LogP contribution in [0.25, 0.3) is 0 Å². The van der Waals surface area contributed by atoms with Gasteiger partial charge in [0.25, 0.3) is 10.0 Å². The fraction of sp³-hybridized carbons (Fsp3) is 0.136. The Morgan fingerprint density at radius 2 is 1.63 bits per heavy atom. The zero-order valence-electron chi connectivity index (χ0n) is 16.6. The largest absolute Gasteiger partial charge is 0.497 e. The van der Waals surface area contributed by atoms with Crippen LogP contribution in [0.4, 0.5) is 11.4 Å². The van der Waals surface area contributed by atoms with Crippen molar-refractivity contribution >= 4 is 39.1 Å². The highest BCUT2D eigenvalue weighted by molar-refractivity contribution is 8.00. The van der Waals surface area contributed by atoms with Gasteiger partial charge >= 0.3 is 0 Å². The standard InChI is InChI=1S/C22H22N2O4S2/c1-16-5-3-4-6-21(16)24-30(26,27)20-13-7-17(8-14-20)23-22(25)15-29-19-11-9-18(28-2)10-12-19/h3-14,24H,15H2,1-2H3,(H,23,25). The summed E-state index contributed by atoms with van der Waals surface area (Å²) in [7, 11) is -2.11. The van der Waals surface area contributed by atoms with Crippen molar-refractivity contribution in [2.75, 3.05) is 22.9 Å². The number of thioether (sulfide) groups is 1. The van der Waals surface area contributed by atoms with Gasteiger partial charge in [-0.15, -0.1) is 11.8 Å². The van der Waals surface area contributed by atoms with E-state index < -0.39 is 10.0 Å². The molecule has 0 aliphatic rings. The molecule has 0 saturated heterocycles. The first-order chi connectivity index (χ1) is 14.4. The maximum atomic E-state index is 12.6. The van der Waals surface area contributed by atoms with Gasteiger partial charge in [0.2, 0.25) is 5.91 Å². The molecule has 2 N–H and O–H groups in total. The molecule has 0 unspecified atom stereocenters. The van der Waals surface area contributed by atoms with Crippen LogP contribution in [0.5, 0.6) is 5.75 Å². The smallest absolute Gasteiger partial charge is 0.261 e. The molecule has 0 heterocycles. The molecule has 0 spiro atoms. The van der Waals surface area contributed by atoms with Crippen LogP contribution in [-0.4, -0.2) is 27.2 Å². The van der Waals surface area contributed by atoms with Crippen molar-refractivity contribution in [1.82, 2.24) is 0 Å². The number of rotatable bonds is 8. The summed E-state index contributed by atoms with van der Waals surface area (Å²) in [5.74, 6) is 0.821. The summed E-state index contributed by atoms with van der Waals surface area (Å²) < 4.78 is 32.9. The quantitative estimate of drug-likeness (QED) is 0.501. The van der Waals surface area contributed by atoms with E-state index in [1.165, 1.54) is 23.9 Å². The summed E-state index contributed by atoms with van der Waals surface area (Å²) in [5.41, 5.74) is 1.90. The van der Waals surface area contributed by atoms with E-state index in [1.807, 2.05) is 43.3 Å². The molecule has 3 aromatic carbocycles. The highest BCUT2D eigenvalue weighted by atomic mass is 32.2. The number of para-hydroxylation sites is 1. The molecule has 0 aliphatic carbocycles. The summed E-state index contributed by atoms with van der Waals surface area (Å²) in [6, 6.07) is 20.7. The summed E-state index contributed by atoms with van der Waals surface area (Å²) in [4.78, 5) is 13.3. The molecule has 0 aromatic heterocycles. The molecular weight excluding hydrogens is 420 g/mol. The van der Waals surface area contributed by atoms with Crippen LogP contribution >= 0.6 is 11.8 Å². The maximum Gasteiger partial charge on any atom is 0.261 e. The molecule has 0 fully saturated rings. The molecule has 3 rings (SSSR count). The lowest BCUT2D eigenvalue weighted by atomic mass is 10.2. The Bertz CT molecular complexity index is 1110. The Morgan fingerprint density at radius 1 is 0.967 bits per heavy atom. The molecule has 6 nitrogen and oxygen atoms in total. The summed E-state index contributed by atoms with van der Waals surface area (Å²) in [5, 5.41) is 2.77. The number of aryl methyl sites for hydroxylation is 1. The zero-order valence-corrected chi connectivity index (χ0v) is 18.2. The molecule has 0 saturated carbocycles. The predicted molar refractivity (Wildman–Crippen MR) is 121 cm³/mol. The van der Waals surface area contributed by atoms with Crippen molar-refractivity contribution in [2.45, 2.75) is 16.7 Å². The van der Waals surface area contributed by atoms with Crippen LogP contribution < -0.4 is 14.8 Å². The van der Waals surface area contributed by atoms with Gasteiger partial charge < -0.3 is 10.1 Å². The van der Waals surface area contributed by atoms with Gasteiger partial charge in [-0.25, -0.2) is 8.42 Å². The molecule has 1 amide bonds. The minimum atomic E-state index is -3.71. The van der Waals surface area contributed by atoms with Crippen LogP contribution in [0.15, 0.2) is 82.6 Å². The Kier molecular flexibility index (Phi) is 7.02. The van der Waals surface area contributed by atoms with Crippen LogP contribution in [0.1, 0.15) is 5.56 Å². The molecule has 8 heteroatoms. The highest BCUT2D eigenvalue weighted by Crippen LogP contribution is 2.23. The number of hydrogen-bond acceptors (Lipinski definition) is 5. The lowest BCUT2D eigenvalue weighted by Gasteiger charge is -2.11. The lowest BCUT2D eigenvalue weighted by Crippen LogP contribution is -2.15. The van der Waals surface area contributed by atoms with E-state index in [-0.39, 0.29) is 16.6 Å².